The average Bonchev–Trinajstić information content (AvgIpc) is 3.25. The second kappa shape index (κ2) is 7.72. The molecular weight excluding hydrogens is 492 g/mol. The Balaban J connectivity index is 1.38. The summed E-state index contributed by atoms with van der Waals surface area (Å²) >= 11 is 0. The molecule has 3 N–H and O–H groups in total. The highest BCUT2D eigenvalue weighted by Crippen LogP contribution is 2.74. The average molecular weight is 541 g/mol. The molecule has 0 aliphatic heterocycles. The van der Waals surface area contributed by atoms with Crippen LogP contribution in [0.25, 0.3) is 10.9 Å². The zero-order chi connectivity index (χ0) is 28.7. The van der Waals surface area contributed by atoms with Crippen LogP contribution in [-0.4, -0.2) is 16.7 Å². The van der Waals surface area contributed by atoms with E-state index in [2.05, 4.69) is 83.8 Å². The van der Waals surface area contributed by atoms with Crippen molar-refractivity contribution in [3.05, 3.63) is 47.2 Å². The lowest BCUT2D eigenvalue weighted by molar-refractivity contribution is -0.172. The summed E-state index contributed by atoms with van der Waals surface area (Å²) in [4.78, 5) is 31.1. The number of aromatic amines is 1. The number of amides is 1. The van der Waals surface area contributed by atoms with Crippen molar-refractivity contribution in [3.63, 3.8) is 0 Å². The van der Waals surface area contributed by atoms with Crippen molar-refractivity contribution in [3.8, 4) is 0 Å². The number of hydrogen-bond donors (Lipinski definition) is 2. The zero-order valence-electron chi connectivity index (χ0n) is 25.7. The molecule has 1 aromatic heterocycles. The highest BCUT2D eigenvalue weighted by atomic mass is 16.1. The third-order valence-corrected chi connectivity index (χ3v) is 14.3. The molecule has 3 saturated carbocycles. The lowest BCUT2D eigenvalue weighted by Gasteiger charge is -2.70. The van der Waals surface area contributed by atoms with Crippen molar-refractivity contribution in [1.82, 2.24) is 4.98 Å². The molecule has 4 nitrogen and oxygen atoms in total. The van der Waals surface area contributed by atoms with Gasteiger partial charge < -0.3 is 10.7 Å². The predicted molar refractivity (Wildman–Crippen MR) is 161 cm³/mol. The summed E-state index contributed by atoms with van der Waals surface area (Å²) in [5, 5.41) is 1.32. The summed E-state index contributed by atoms with van der Waals surface area (Å²) in [6.07, 6.45) is 10.2. The number of H-pyrrole nitrogens is 1. The Morgan fingerprint density at radius 2 is 1.65 bits per heavy atom. The normalized spacial score (nSPS) is 45.4. The van der Waals surface area contributed by atoms with Crippen molar-refractivity contribution >= 4 is 22.6 Å². The minimum Gasteiger partial charge on any atom is -0.369 e. The first-order valence-corrected chi connectivity index (χ1v) is 15.8. The lowest BCUT2D eigenvalue weighted by Crippen LogP contribution is -2.66. The molecular formula is C36H48N2O2. The van der Waals surface area contributed by atoms with E-state index in [1.807, 2.05) is 0 Å². The number of benzene rings is 1. The molecule has 5 aliphatic carbocycles. The summed E-state index contributed by atoms with van der Waals surface area (Å²) in [7, 11) is 0. The van der Waals surface area contributed by atoms with Gasteiger partial charge >= 0.3 is 0 Å². The maximum absolute atomic E-state index is 14.7. The lowest BCUT2D eigenvalue weighted by atomic mass is 9.33. The summed E-state index contributed by atoms with van der Waals surface area (Å²) in [5.41, 5.74) is 10.7. The maximum Gasteiger partial charge on any atom is 0.223 e. The third-order valence-electron chi connectivity index (χ3n) is 14.3. The van der Waals surface area contributed by atoms with E-state index in [0.29, 0.717) is 11.7 Å². The summed E-state index contributed by atoms with van der Waals surface area (Å²) in [6.45, 7) is 16.7. The molecule has 214 valence electrons. The minimum absolute atomic E-state index is 0.0101. The number of hydrogen-bond acceptors (Lipinski definition) is 2. The first-order chi connectivity index (χ1) is 18.6. The van der Waals surface area contributed by atoms with Gasteiger partial charge in [0.2, 0.25) is 5.91 Å². The van der Waals surface area contributed by atoms with Gasteiger partial charge in [-0.1, -0.05) is 72.2 Å². The van der Waals surface area contributed by atoms with Crippen LogP contribution in [0.4, 0.5) is 0 Å². The molecule has 3 fully saturated rings. The van der Waals surface area contributed by atoms with Crippen LogP contribution in [0.1, 0.15) is 105 Å². The van der Waals surface area contributed by atoms with Crippen LogP contribution >= 0.6 is 0 Å². The molecule has 0 unspecified atom stereocenters. The number of ketones is 1. The molecule has 1 heterocycles. The number of primary amides is 1. The number of nitrogens with one attached hydrogen (secondary N) is 1. The molecule has 1 aromatic carbocycles. The summed E-state index contributed by atoms with van der Waals surface area (Å²) in [6, 6.07) is 8.72. The van der Waals surface area contributed by atoms with Crippen molar-refractivity contribution < 1.29 is 9.59 Å². The SMILES string of the molecule is CC1(C)c2[nH]c3ccccc3c2C[C@]2(C)[C@H]3C(=O)C=C4[C@@H]5C[C@@](C)(C(N)=O)CC[C@]5(C)CC[C@@]4(C)[C@]3(C)CC[C@@H]12. The zero-order valence-corrected chi connectivity index (χ0v) is 25.7. The van der Waals surface area contributed by atoms with E-state index in [1.54, 1.807) is 0 Å². The van der Waals surface area contributed by atoms with Gasteiger partial charge in [0.15, 0.2) is 5.78 Å². The molecule has 2 aromatic rings. The predicted octanol–water partition coefficient (Wildman–Crippen LogP) is 7.65. The van der Waals surface area contributed by atoms with Crippen molar-refractivity contribution in [2.75, 3.05) is 0 Å². The Kier molecular flexibility index (Phi) is 5.12. The summed E-state index contributed by atoms with van der Waals surface area (Å²) in [5.74, 6) is 0.831. The van der Waals surface area contributed by atoms with E-state index in [9.17, 15) is 9.59 Å². The van der Waals surface area contributed by atoms with E-state index in [-0.39, 0.29) is 44.8 Å². The fourth-order valence-corrected chi connectivity index (χ4v) is 11.7. The number of carbonyl (C=O) groups excluding carboxylic acids is 2. The van der Waals surface area contributed by atoms with Gasteiger partial charge in [0, 0.05) is 33.3 Å². The number of para-hydroxylation sites is 1. The molecule has 0 bridgehead atoms. The molecule has 7 rings (SSSR count). The smallest absolute Gasteiger partial charge is 0.223 e. The minimum atomic E-state index is -0.493. The largest absolute Gasteiger partial charge is 0.369 e. The van der Waals surface area contributed by atoms with Crippen LogP contribution in [0.15, 0.2) is 35.9 Å². The number of rotatable bonds is 1. The standard InChI is InChI=1S/C36H48N2O2/c1-31(2)27-12-13-36(7)28(34(27,5)19-22-21-10-8-9-11-25(21)38-29(22)31)26(39)18-23-24-20-33(4,30(37)40)15-14-32(24,3)16-17-35(23,36)6/h8-11,18,24,27-28,38H,12-17,19-20H2,1-7H3,(H2,37,40)/t24-,27-,28+,32+,33-,34-,35+,36+/m0/s1. The quantitative estimate of drug-likeness (QED) is 0.390. The van der Waals surface area contributed by atoms with E-state index >= 15 is 0 Å². The first kappa shape index (κ1) is 26.5. The third kappa shape index (κ3) is 2.99. The molecule has 40 heavy (non-hydrogen) atoms. The number of carbonyl (C=O) groups is 2. The highest BCUT2D eigenvalue weighted by molar-refractivity contribution is 5.96. The molecule has 1 amide bonds. The monoisotopic (exact) mass is 540 g/mol. The van der Waals surface area contributed by atoms with Gasteiger partial charge in [-0.3, -0.25) is 9.59 Å². The summed E-state index contributed by atoms with van der Waals surface area (Å²) < 4.78 is 0. The van der Waals surface area contributed by atoms with Crippen LogP contribution in [0.2, 0.25) is 0 Å². The number of fused-ring (bicyclic) bond motifs is 10. The van der Waals surface area contributed by atoms with Gasteiger partial charge in [0.1, 0.15) is 0 Å². The van der Waals surface area contributed by atoms with Crippen LogP contribution in [0.5, 0.6) is 0 Å². The van der Waals surface area contributed by atoms with Crippen molar-refractivity contribution in [1.29, 1.82) is 0 Å². The Hall–Kier alpha value is -2.36. The number of allylic oxidation sites excluding steroid dienone is 2. The van der Waals surface area contributed by atoms with Crippen LogP contribution in [0.3, 0.4) is 0 Å². The highest BCUT2D eigenvalue weighted by Gasteiger charge is 2.70. The van der Waals surface area contributed by atoms with Gasteiger partial charge in [-0.2, -0.15) is 0 Å². The first-order valence-electron chi connectivity index (χ1n) is 15.8. The van der Waals surface area contributed by atoms with Gasteiger partial charge in [0.25, 0.3) is 0 Å². The number of aromatic nitrogens is 1. The fourth-order valence-electron chi connectivity index (χ4n) is 11.7. The van der Waals surface area contributed by atoms with E-state index in [1.165, 1.54) is 27.7 Å². The molecule has 4 heteroatoms. The van der Waals surface area contributed by atoms with E-state index in [0.717, 1.165) is 51.4 Å². The van der Waals surface area contributed by atoms with Gasteiger partial charge in [-0.15, -0.1) is 0 Å². The Labute approximate surface area is 239 Å². The Morgan fingerprint density at radius 1 is 0.950 bits per heavy atom. The molecule has 5 aliphatic rings. The van der Waals surface area contributed by atoms with Crippen LogP contribution in [-0.2, 0) is 21.4 Å². The van der Waals surface area contributed by atoms with Gasteiger partial charge in [-0.25, -0.2) is 0 Å². The second-order valence-corrected chi connectivity index (χ2v) is 16.5. The fraction of sp³-hybridized carbons (Fsp3) is 0.667. The topological polar surface area (TPSA) is 75.9 Å². The molecule has 0 radical (unpaired) electrons. The van der Waals surface area contributed by atoms with E-state index in [4.69, 9.17) is 5.73 Å². The molecule has 0 saturated heterocycles. The maximum atomic E-state index is 14.7. The van der Waals surface area contributed by atoms with Gasteiger partial charge in [-0.05, 0) is 103 Å². The number of nitrogens with two attached hydrogens (primary N) is 1. The molecule has 0 spiro atoms. The Bertz CT molecular complexity index is 1500. The second-order valence-electron chi connectivity index (χ2n) is 16.5. The molecule has 8 atom stereocenters. The van der Waals surface area contributed by atoms with Crippen LogP contribution in [0, 0.1) is 44.8 Å². The van der Waals surface area contributed by atoms with Gasteiger partial charge in [0.05, 0.1) is 0 Å². The van der Waals surface area contributed by atoms with Crippen molar-refractivity contribution in [2.24, 2.45) is 50.6 Å². The van der Waals surface area contributed by atoms with Crippen LogP contribution < -0.4 is 5.73 Å². The Morgan fingerprint density at radius 3 is 2.38 bits per heavy atom. The van der Waals surface area contributed by atoms with E-state index < -0.39 is 5.41 Å². The van der Waals surface area contributed by atoms with Crippen molar-refractivity contribution in [2.45, 2.75) is 105 Å².